The summed E-state index contributed by atoms with van der Waals surface area (Å²) in [6.45, 7) is 29.6. The van der Waals surface area contributed by atoms with Gasteiger partial charge in [-0.2, -0.15) is 4.57 Å². The third-order valence-corrected chi connectivity index (χ3v) is 19.9. The normalized spacial score (nSPS) is 11.0. The molecule has 0 aliphatic carbocycles. The van der Waals surface area contributed by atoms with Gasteiger partial charge >= 0.3 is 0 Å². The summed E-state index contributed by atoms with van der Waals surface area (Å²) in [6, 6.07) is 81.7. The number of fused-ring (bicyclic) bond motifs is 11. The van der Waals surface area contributed by atoms with Gasteiger partial charge in [-0.1, -0.05) is 87.2 Å². The van der Waals surface area contributed by atoms with Crippen LogP contribution < -0.4 is 4.57 Å². The van der Waals surface area contributed by atoms with E-state index in [4.69, 9.17) is 52.0 Å². The molecule has 0 saturated heterocycles. The molecule has 0 unspecified atom stereocenters. The molecule has 13 heterocycles. The van der Waals surface area contributed by atoms with Crippen molar-refractivity contribution < 1.29 is 190 Å². The summed E-state index contributed by atoms with van der Waals surface area (Å²) in [5.41, 5.74) is 19.9. The van der Waals surface area contributed by atoms with E-state index >= 15 is 0 Å². The number of aliphatic hydroxyl groups is 5. The predicted molar refractivity (Wildman–Crippen MR) is 543 cm³/mol. The molecule has 19 aromatic rings. The third-order valence-electron chi connectivity index (χ3n) is 19.9. The van der Waals surface area contributed by atoms with Gasteiger partial charge in [-0.15, -0.1) is 148 Å². The summed E-state index contributed by atoms with van der Waals surface area (Å²) in [5.74, 6) is 0.858. The number of benzene rings is 7. The standard InChI is InChI=1S/C18H18NO.C17H10NO.C15H12NO.C14H8F2NO.C14H10NO.C13H8NO.5C5H8O2.5Ir/c1-12-11-15-16(20-12)9-10-19-17(15)13-5-7-14(8-6-13)18(2,3)4;1-2-4-13-11-14(6-5-12(13)3-1)17-15-8-10-19-16(15)7-9-18-17;1-10-3-5-12(6-4-10)15-13-9-11(2)17-14(13)7-8-16-15;1-8-6-11-13(18-8)4-5-17-14(11)10-3-2-9(15)7-12(10)16;1-2-4-11-10(3-1)9-15-7-5-13-12(14(11)15)6-8-16-13;1-2-4-10(5-3-1)13-11-7-9-15-12(11)6-8-14-13;5*1-4(6)3-5(2)7;;;;;/h5,7-11H,1-4H3;1-5,7-11H;3-5,7-9H,1-2H3;2,4-7H,1H3;1-8H,9H2;1-4,6-9H;5*3,6H,1-2H3;;;;;/q4*-1;+1;-1;;;;;;;;;;. The van der Waals surface area contributed by atoms with E-state index in [9.17, 15) is 32.8 Å². The van der Waals surface area contributed by atoms with Crippen LogP contribution >= 0.6 is 0 Å². The minimum atomic E-state index is -0.686. The monoisotopic (exact) mass is 2840 g/mol. The quantitative estimate of drug-likeness (QED) is 0.0367. The van der Waals surface area contributed by atoms with Gasteiger partial charge in [-0.3, -0.25) is 32.8 Å². The summed E-state index contributed by atoms with van der Waals surface area (Å²) in [4.78, 5) is 72.0. The zero-order chi connectivity index (χ0) is 101. The van der Waals surface area contributed by atoms with Crippen molar-refractivity contribution in [2.24, 2.45) is 0 Å². The maximum absolute atomic E-state index is 13.7. The first-order valence-corrected chi connectivity index (χ1v) is 44.1. The molecule has 0 spiro atoms. The van der Waals surface area contributed by atoms with Crippen LogP contribution in [0.5, 0.6) is 0 Å². The largest absolute Gasteiger partial charge is 0.512 e. The van der Waals surface area contributed by atoms with Crippen molar-refractivity contribution in [3.63, 3.8) is 0 Å². The van der Waals surface area contributed by atoms with Crippen molar-refractivity contribution in [2.75, 3.05) is 0 Å². The molecule has 22 nitrogen and oxygen atoms in total. The summed E-state index contributed by atoms with van der Waals surface area (Å²) in [7, 11) is 0. The Bertz CT molecular complexity index is 7540. The smallest absolute Gasteiger partial charge is 0.224 e. The van der Waals surface area contributed by atoms with E-state index in [-0.39, 0.29) is 169 Å². The number of aromatic nitrogens is 6. The van der Waals surface area contributed by atoms with Crippen molar-refractivity contribution in [1.29, 1.82) is 0 Å². The molecule has 0 fully saturated rings. The molecule has 1 aliphatic rings. The van der Waals surface area contributed by atoms with Gasteiger partial charge in [0.1, 0.15) is 50.8 Å². The molecule has 1 aliphatic heterocycles. The molecule has 12 aromatic heterocycles. The van der Waals surface area contributed by atoms with Crippen LogP contribution in [0.25, 0.3) is 144 Å². The van der Waals surface area contributed by atoms with Gasteiger partial charge < -0.3 is 77.0 Å². The molecular formula is C116H106F2Ir5N6O16-4. The van der Waals surface area contributed by atoms with Crippen LogP contribution in [0.4, 0.5) is 8.78 Å². The van der Waals surface area contributed by atoms with E-state index in [1.54, 1.807) is 62.6 Å². The fraction of sp³-hybridized carbons (Fsp3) is 0.164. The van der Waals surface area contributed by atoms with E-state index in [0.29, 0.717) is 22.4 Å². The molecule has 0 bridgehead atoms. The van der Waals surface area contributed by atoms with Crippen molar-refractivity contribution in [3.05, 3.63) is 397 Å². The summed E-state index contributed by atoms with van der Waals surface area (Å²) in [5, 5.41) is 50.2. The minimum Gasteiger partial charge on any atom is -0.512 e. The fourth-order valence-corrected chi connectivity index (χ4v) is 14.2. The number of halogens is 2. The second-order valence-electron chi connectivity index (χ2n) is 33.2. The number of allylic oxidation sites excluding steroid dienone is 10. The number of carbonyl (C=O) groups excluding carboxylic acids is 5. The Kier molecular flexibility index (Phi) is 49.3. The first kappa shape index (κ1) is 122. The van der Waals surface area contributed by atoms with Crippen molar-refractivity contribution in [3.8, 4) is 67.5 Å². The van der Waals surface area contributed by atoms with Crippen LogP contribution in [0.15, 0.2) is 348 Å². The molecule has 759 valence electrons. The SMILES string of the molecule is CC(=O)C=C(C)O.CC(=O)C=C(C)O.CC(=O)C=C(C)O.CC(=O)C=C(C)O.CC(=O)C=C(C)O.Cc1c[c-]c(-c2nccc3oc(C)cc23)cc1.Cc1cc2c(-c3[c-]cc(C(C)(C)C)cc3)nccc2o1.Cc1cc2c(-c3[c-]cc(F)cc3F)nccc2o1.[Ir].[Ir].[Ir].[Ir].[Ir].[c-]1cc2ccccc2cc1-c1nccc2occc12.[c-]1ccccc1-c1nccc2occc12.c1ccc2c(c1)C[n+]1ccc3occc3c1-2. The Morgan fingerprint density at radius 2 is 0.745 bits per heavy atom. The number of hydrogen-bond acceptors (Lipinski definition) is 21. The van der Waals surface area contributed by atoms with Gasteiger partial charge in [0, 0.05) is 218 Å². The average Bonchev–Trinajstić information content (AvgIpc) is 1.60. The molecule has 145 heavy (non-hydrogen) atoms. The topological polar surface area (TPSA) is 334 Å². The number of ketones is 5. The molecule has 5 radical (unpaired) electrons. The van der Waals surface area contributed by atoms with Gasteiger partial charge in [0.15, 0.2) is 41.7 Å². The number of furan rings is 6. The summed E-state index contributed by atoms with van der Waals surface area (Å²) >= 11 is 0. The summed E-state index contributed by atoms with van der Waals surface area (Å²) < 4.78 is 61.8. The first-order chi connectivity index (χ1) is 66.8. The molecule has 20 rings (SSSR count). The second-order valence-corrected chi connectivity index (χ2v) is 33.2. The molecule has 29 heteroatoms. The van der Waals surface area contributed by atoms with Gasteiger partial charge in [-0.05, 0) is 191 Å². The third kappa shape index (κ3) is 36.7. The molecule has 0 atom stereocenters. The van der Waals surface area contributed by atoms with Crippen LogP contribution in [-0.4, -0.2) is 79.4 Å². The average molecular weight is 2840 g/mol. The number of aliphatic hydroxyl groups excluding tert-OH is 5. The predicted octanol–water partition coefficient (Wildman–Crippen LogP) is 28.4. The van der Waals surface area contributed by atoms with Gasteiger partial charge in [0.25, 0.3) is 0 Å². The van der Waals surface area contributed by atoms with Crippen LogP contribution in [0.1, 0.15) is 124 Å². The Hall–Kier alpha value is -13.9. The van der Waals surface area contributed by atoms with Crippen LogP contribution in [0.2, 0.25) is 0 Å². The van der Waals surface area contributed by atoms with E-state index in [1.165, 1.54) is 150 Å². The minimum absolute atomic E-state index is 0. The van der Waals surface area contributed by atoms with Gasteiger partial charge in [-0.25, -0.2) is 0 Å². The molecule has 0 saturated carbocycles. The van der Waals surface area contributed by atoms with E-state index < -0.39 is 11.6 Å². The molecule has 0 amide bonds. The first-order valence-electron chi connectivity index (χ1n) is 44.1. The van der Waals surface area contributed by atoms with Crippen molar-refractivity contribution in [1.82, 2.24) is 24.9 Å². The number of aryl methyl sites for hydroxylation is 4. The van der Waals surface area contributed by atoms with E-state index in [1.807, 2.05) is 129 Å². The number of rotatable bonds is 10. The Morgan fingerprint density at radius 1 is 0.366 bits per heavy atom. The molecular weight excluding hydrogens is 2730 g/mol. The van der Waals surface area contributed by atoms with Crippen LogP contribution in [0.3, 0.4) is 0 Å². The zero-order valence-electron chi connectivity index (χ0n) is 82.3. The number of hydrogen-bond donors (Lipinski definition) is 5. The van der Waals surface area contributed by atoms with Crippen LogP contribution in [0, 0.1) is 69.7 Å². The summed E-state index contributed by atoms with van der Waals surface area (Å²) in [6.07, 6.45) is 21.7. The van der Waals surface area contributed by atoms with E-state index in [0.717, 1.165) is 125 Å². The van der Waals surface area contributed by atoms with E-state index in [2.05, 4.69) is 160 Å². The maximum atomic E-state index is 13.7. The van der Waals surface area contributed by atoms with Crippen LogP contribution in [-0.2, 0) is 136 Å². The number of carbonyl (C=O) groups is 5. The second kappa shape index (κ2) is 58.8. The Morgan fingerprint density at radius 3 is 1.15 bits per heavy atom. The fourth-order valence-electron chi connectivity index (χ4n) is 14.2. The molecule has 5 N–H and O–H groups in total. The van der Waals surface area contributed by atoms with Gasteiger partial charge in [0.2, 0.25) is 5.69 Å². The molecule has 7 aromatic carbocycles. The van der Waals surface area contributed by atoms with Crippen molar-refractivity contribution in [2.45, 2.75) is 130 Å². The maximum Gasteiger partial charge on any atom is 0.224 e. The van der Waals surface area contributed by atoms with Crippen molar-refractivity contribution >= 4 is 106 Å². The Labute approximate surface area is 907 Å². The van der Waals surface area contributed by atoms with Gasteiger partial charge in [0.05, 0.1) is 58.5 Å². The number of pyridine rings is 6. The Balaban J connectivity index is 0.000000286. The zero-order valence-corrected chi connectivity index (χ0v) is 94.2. The number of nitrogens with zero attached hydrogens (tertiary/aromatic N) is 6.